The normalized spacial score (nSPS) is 14.4. The quantitative estimate of drug-likeness (QED) is 0.795. The van der Waals surface area contributed by atoms with Gasteiger partial charge in [-0.25, -0.2) is 0 Å². The lowest BCUT2D eigenvalue weighted by Crippen LogP contribution is -2.28. The summed E-state index contributed by atoms with van der Waals surface area (Å²) in [4.78, 5) is 13.5. The molecule has 1 heterocycles. The molecule has 3 nitrogen and oxygen atoms in total. The SMILES string of the molecule is O=C1CCCN1CCCNCc1ccc(-c2ccccc2)cc1. The first-order valence-corrected chi connectivity index (χ1v) is 8.46. The minimum absolute atomic E-state index is 0.321. The van der Waals surface area contributed by atoms with Gasteiger partial charge in [-0.1, -0.05) is 54.6 Å². The smallest absolute Gasteiger partial charge is 0.222 e. The number of benzene rings is 2. The third-order valence-electron chi connectivity index (χ3n) is 4.34. The van der Waals surface area contributed by atoms with Crippen LogP contribution in [0.2, 0.25) is 0 Å². The first kappa shape index (κ1) is 15.8. The summed E-state index contributed by atoms with van der Waals surface area (Å²) in [5.41, 5.74) is 3.80. The van der Waals surface area contributed by atoms with E-state index in [4.69, 9.17) is 0 Å². The molecule has 1 saturated heterocycles. The maximum absolute atomic E-state index is 11.5. The third kappa shape index (κ3) is 4.42. The second-order valence-electron chi connectivity index (χ2n) is 6.08. The summed E-state index contributed by atoms with van der Waals surface area (Å²) >= 11 is 0. The fraction of sp³-hybridized carbons (Fsp3) is 0.350. The average molecular weight is 308 g/mol. The lowest BCUT2D eigenvalue weighted by molar-refractivity contribution is -0.127. The maximum Gasteiger partial charge on any atom is 0.222 e. The summed E-state index contributed by atoms with van der Waals surface area (Å²) in [5.74, 6) is 0.321. The standard InChI is InChI=1S/C20H24N2O/c23-20-8-4-14-22(20)15-5-13-21-16-17-9-11-19(12-10-17)18-6-2-1-3-7-18/h1-3,6-7,9-12,21H,4-5,8,13-16H2. The van der Waals surface area contributed by atoms with Gasteiger partial charge >= 0.3 is 0 Å². The second-order valence-corrected chi connectivity index (χ2v) is 6.08. The van der Waals surface area contributed by atoms with Crippen LogP contribution in [0.5, 0.6) is 0 Å². The highest BCUT2D eigenvalue weighted by atomic mass is 16.2. The van der Waals surface area contributed by atoms with Crippen molar-refractivity contribution in [3.8, 4) is 11.1 Å². The molecule has 0 radical (unpaired) electrons. The van der Waals surface area contributed by atoms with Gasteiger partial charge in [0, 0.05) is 26.1 Å². The van der Waals surface area contributed by atoms with Crippen molar-refractivity contribution in [1.82, 2.24) is 10.2 Å². The zero-order valence-electron chi connectivity index (χ0n) is 13.5. The number of carbonyl (C=O) groups is 1. The second kappa shape index (κ2) is 7.93. The molecule has 1 amide bonds. The Balaban J connectivity index is 1.40. The highest BCUT2D eigenvalue weighted by Gasteiger charge is 2.18. The number of nitrogens with one attached hydrogen (secondary N) is 1. The van der Waals surface area contributed by atoms with E-state index in [2.05, 4.69) is 53.8 Å². The van der Waals surface area contributed by atoms with Crippen molar-refractivity contribution in [3.05, 3.63) is 60.2 Å². The van der Waals surface area contributed by atoms with Crippen LogP contribution in [-0.2, 0) is 11.3 Å². The minimum Gasteiger partial charge on any atom is -0.343 e. The highest BCUT2D eigenvalue weighted by Crippen LogP contribution is 2.19. The zero-order chi connectivity index (χ0) is 15.9. The summed E-state index contributed by atoms with van der Waals surface area (Å²) in [6.07, 6.45) is 2.79. The first-order chi connectivity index (χ1) is 11.3. The predicted octanol–water partition coefficient (Wildman–Crippen LogP) is 3.46. The van der Waals surface area contributed by atoms with E-state index in [-0.39, 0.29) is 0 Å². The van der Waals surface area contributed by atoms with Gasteiger partial charge in [0.05, 0.1) is 0 Å². The van der Waals surface area contributed by atoms with Gasteiger partial charge in [-0.15, -0.1) is 0 Å². The van der Waals surface area contributed by atoms with Gasteiger partial charge < -0.3 is 10.2 Å². The summed E-state index contributed by atoms with van der Waals surface area (Å²) in [5, 5.41) is 3.46. The topological polar surface area (TPSA) is 32.3 Å². The van der Waals surface area contributed by atoms with Crippen LogP contribution in [0.4, 0.5) is 0 Å². The van der Waals surface area contributed by atoms with E-state index in [1.807, 2.05) is 11.0 Å². The lowest BCUT2D eigenvalue weighted by Gasteiger charge is -2.15. The Labute approximate surface area is 138 Å². The third-order valence-corrected chi connectivity index (χ3v) is 4.34. The van der Waals surface area contributed by atoms with Crippen molar-refractivity contribution < 1.29 is 4.79 Å². The molecule has 0 saturated carbocycles. The van der Waals surface area contributed by atoms with Gasteiger partial charge in [-0.05, 0) is 36.1 Å². The van der Waals surface area contributed by atoms with Crippen molar-refractivity contribution in [3.63, 3.8) is 0 Å². The number of amides is 1. The van der Waals surface area contributed by atoms with E-state index in [1.165, 1.54) is 16.7 Å². The summed E-state index contributed by atoms with van der Waals surface area (Å²) in [6, 6.07) is 19.1. The summed E-state index contributed by atoms with van der Waals surface area (Å²) in [6.45, 7) is 3.66. The molecular weight excluding hydrogens is 284 g/mol. The van der Waals surface area contributed by atoms with Crippen LogP contribution in [0, 0.1) is 0 Å². The van der Waals surface area contributed by atoms with Crippen LogP contribution >= 0.6 is 0 Å². The Bertz CT molecular complexity index is 622. The van der Waals surface area contributed by atoms with Gasteiger partial charge in [0.15, 0.2) is 0 Å². The van der Waals surface area contributed by atoms with E-state index in [0.717, 1.165) is 45.4 Å². The fourth-order valence-electron chi connectivity index (χ4n) is 3.01. The molecule has 120 valence electrons. The number of hydrogen-bond donors (Lipinski definition) is 1. The molecule has 0 aliphatic carbocycles. The molecule has 1 fully saturated rings. The molecule has 0 aromatic heterocycles. The van der Waals surface area contributed by atoms with Crippen molar-refractivity contribution in [2.45, 2.75) is 25.8 Å². The zero-order valence-corrected chi connectivity index (χ0v) is 13.5. The molecule has 1 aliphatic rings. The number of nitrogens with zero attached hydrogens (tertiary/aromatic N) is 1. The molecule has 3 rings (SSSR count). The van der Waals surface area contributed by atoms with Crippen LogP contribution in [0.15, 0.2) is 54.6 Å². The van der Waals surface area contributed by atoms with Crippen molar-refractivity contribution in [2.75, 3.05) is 19.6 Å². The summed E-state index contributed by atoms with van der Waals surface area (Å²) in [7, 11) is 0. The first-order valence-electron chi connectivity index (χ1n) is 8.46. The predicted molar refractivity (Wildman–Crippen MR) is 94.0 cm³/mol. The van der Waals surface area contributed by atoms with E-state index < -0.39 is 0 Å². The highest BCUT2D eigenvalue weighted by molar-refractivity contribution is 5.78. The van der Waals surface area contributed by atoms with Crippen LogP contribution in [0.1, 0.15) is 24.8 Å². The number of hydrogen-bond acceptors (Lipinski definition) is 2. The Morgan fingerprint density at radius 3 is 2.39 bits per heavy atom. The van der Waals surface area contributed by atoms with Crippen LogP contribution in [-0.4, -0.2) is 30.4 Å². The summed E-state index contributed by atoms with van der Waals surface area (Å²) < 4.78 is 0. The van der Waals surface area contributed by atoms with Crippen molar-refractivity contribution in [2.24, 2.45) is 0 Å². The minimum atomic E-state index is 0.321. The molecule has 2 aromatic rings. The number of carbonyl (C=O) groups excluding carboxylic acids is 1. The molecule has 0 bridgehead atoms. The van der Waals surface area contributed by atoms with E-state index in [9.17, 15) is 4.79 Å². The van der Waals surface area contributed by atoms with Crippen LogP contribution in [0.3, 0.4) is 0 Å². The molecule has 0 unspecified atom stereocenters. The maximum atomic E-state index is 11.5. The Morgan fingerprint density at radius 2 is 1.70 bits per heavy atom. The van der Waals surface area contributed by atoms with Crippen LogP contribution in [0.25, 0.3) is 11.1 Å². The van der Waals surface area contributed by atoms with Gasteiger partial charge in [0.2, 0.25) is 5.91 Å². The molecule has 2 aromatic carbocycles. The Kier molecular flexibility index (Phi) is 5.43. The fourth-order valence-corrected chi connectivity index (χ4v) is 3.01. The monoisotopic (exact) mass is 308 g/mol. The van der Waals surface area contributed by atoms with E-state index in [1.54, 1.807) is 0 Å². The van der Waals surface area contributed by atoms with E-state index in [0.29, 0.717) is 5.91 Å². The molecule has 0 spiro atoms. The molecule has 0 atom stereocenters. The molecule has 23 heavy (non-hydrogen) atoms. The Hall–Kier alpha value is -2.13. The van der Waals surface area contributed by atoms with Crippen LogP contribution < -0.4 is 5.32 Å². The van der Waals surface area contributed by atoms with Gasteiger partial charge in [-0.3, -0.25) is 4.79 Å². The van der Waals surface area contributed by atoms with Gasteiger partial charge in [-0.2, -0.15) is 0 Å². The molecule has 3 heteroatoms. The van der Waals surface area contributed by atoms with Crippen molar-refractivity contribution in [1.29, 1.82) is 0 Å². The van der Waals surface area contributed by atoms with E-state index >= 15 is 0 Å². The average Bonchev–Trinajstić information content (AvgIpc) is 3.01. The number of likely N-dealkylation sites (tertiary alicyclic amines) is 1. The molecule has 1 N–H and O–H groups in total. The lowest BCUT2D eigenvalue weighted by atomic mass is 10.0. The largest absolute Gasteiger partial charge is 0.343 e. The molecular formula is C20H24N2O. The number of rotatable bonds is 7. The van der Waals surface area contributed by atoms with Gasteiger partial charge in [0.1, 0.15) is 0 Å². The van der Waals surface area contributed by atoms with Crippen molar-refractivity contribution >= 4 is 5.91 Å². The van der Waals surface area contributed by atoms with Gasteiger partial charge in [0.25, 0.3) is 0 Å². The Morgan fingerprint density at radius 1 is 0.957 bits per heavy atom. The molecule has 1 aliphatic heterocycles.